The van der Waals surface area contributed by atoms with E-state index in [1.54, 1.807) is 6.20 Å². The molecule has 2 N–H and O–H groups in total. The highest BCUT2D eigenvalue weighted by Crippen LogP contribution is 2.13. The molecule has 0 spiro atoms. The van der Waals surface area contributed by atoms with Crippen LogP contribution in [-0.2, 0) is 6.42 Å². The van der Waals surface area contributed by atoms with Gasteiger partial charge in [-0.05, 0) is 37.5 Å². The molecule has 0 saturated carbocycles. The molecule has 1 atom stereocenters. The van der Waals surface area contributed by atoms with E-state index < -0.39 is 0 Å². The average molecular weight is 256 g/mol. The van der Waals surface area contributed by atoms with Crippen molar-refractivity contribution >= 4 is 0 Å². The summed E-state index contributed by atoms with van der Waals surface area (Å²) in [6.45, 7) is 2.62. The van der Waals surface area contributed by atoms with Gasteiger partial charge >= 0.3 is 0 Å². The Morgan fingerprint density at radius 1 is 1.16 bits per heavy atom. The molecule has 0 saturated heterocycles. The zero-order valence-corrected chi connectivity index (χ0v) is 11.3. The Morgan fingerprint density at radius 3 is 2.58 bits per heavy atom. The van der Waals surface area contributed by atoms with E-state index in [0.717, 1.165) is 24.3 Å². The summed E-state index contributed by atoms with van der Waals surface area (Å²) in [4.78, 5) is 4.27. The van der Waals surface area contributed by atoms with Crippen molar-refractivity contribution in [1.82, 2.24) is 4.98 Å². The highest BCUT2D eigenvalue weighted by atomic mass is 16.5. The maximum absolute atomic E-state index is 5.75. The maximum atomic E-state index is 5.75. The van der Waals surface area contributed by atoms with Crippen molar-refractivity contribution < 1.29 is 4.74 Å². The summed E-state index contributed by atoms with van der Waals surface area (Å²) < 4.78 is 5.66. The fourth-order valence-corrected chi connectivity index (χ4v) is 1.86. The number of nitrogens with two attached hydrogens (primary N) is 1. The first-order valence-electron chi connectivity index (χ1n) is 6.64. The van der Waals surface area contributed by atoms with E-state index in [2.05, 4.69) is 29.2 Å². The van der Waals surface area contributed by atoms with E-state index in [1.807, 2.05) is 25.1 Å². The van der Waals surface area contributed by atoms with Gasteiger partial charge in [-0.3, -0.25) is 4.98 Å². The highest BCUT2D eigenvalue weighted by molar-refractivity contribution is 5.21. The lowest BCUT2D eigenvalue weighted by molar-refractivity contribution is 0.309. The number of benzene rings is 1. The van der Waals surface area contributed by atoms with Crippen LogP contribution in [0.1, 0.15) is 30.6 Å². The third-order valence-corrected chi connectivity index (χ3v) is 2.95. The lowest BCUT2D eigenvalue weighted by atomic mass is 10.1. The Bertz CT molecular complexity index is 480. The van der Waals surface area contributed by atoms with Crippen LogP contribution in [-0.4, -0.2) is 11.6 Å². The van der Waals surface area contributed by atoms with Gasteiger partial charge in [-0.25, -0.2) is 0 Å². The number of nitrogens with zero attached hydrogens (tertiary/aromatic N) is 1. The molecule has 0 aliphatic rings. The number of rotatable bonds is 6. The number of aryl methyl sites for hydroxylation is 1. The third-order valence-electron chi connectivity index (χ3n) is 2.95. The summed E-state index contributed by atoms with van der Waals surface area (Å²) in [5.41, 5.74) is 7.98. The maximum Gasteiger partial charge on any atom is 0.137 e. The highest BCUT2D eigenvalue weighted by Gasteiger charge is 2.01. The Kier molecular flexibility index (Phi) is 4.93. The summed E-state index contributed by atoms with van der Waals surface area (Å²) in [6, 6.07) is 14.2. The van der Waals surface area contributed by atoms with Gasteiger partial charge in [0.05, 0.1) is 18.5 Å². The Morgan fingerprint density at radius 2 is 1.95 bits per heavy atom. The molecule has 0 aliphatic heterocycles. The molecular formula is C16H20N2O. The molecule has 0 aliphatic carbocycles. The summed E-state index contributed by atoms with van der Waals surface area (Å²) in [6.07, 6.45) is 3.77. The second-order valence-electron chi connectivity index (χ2n) is 4.65. The number of hydrogen-bond acceptors (Lipinski definition) is 3. The van der Waals surface area contributed by atoms with Crippen LogP contribution in [0, 0.1) is 0 Å². The monoisotopic (exact) mass is 256 g/mol. The molecular weight excluding hydrogens is 236 g/mol. The Balaban J connectivity index is 1.74. The van der Waals surface area contributed by atoms with Crippen molar-refractivity contribution in [2.45, 2.75) is 25.8 Å². The molecule has 3 heteroatoms. The summed E-state index contributed by atoms with van der Waals surface area (Å²) >= 11 is 0. The van der Waals surface area contributed by atoms with Crippen molar-refractivity contribution in [2.24, 2.45) is 5.73 Å². The van der Waals surface area contributed by atoms with Gasteiger partial charge in [-0.1, -0.05) is 30.3 Å². The van der Waals surface area contributed by atoms with Gasteiger partial charge in [0.15, 0.2) is 0 Å². The first-order chi connectivity index (χ1) is 9.25. The summed E-state index contributed by atoms with van der Waals surface area (Å²) in [7, 11) is 0. The molecule has 1 aromatic carbocycles. The van der Waals surface area contributed by atoms with E-state index >= 15 is 0 Å². The van der Waals surface area contributed by atoms with Crippen molar-refractivity contribution in [2.75, 3.05) is 6.61 Å². The normalized spacial score (nSPS) is 12.1. The lowest BCUT2D eigenvalue weighted by Gasteiger charge is -2.08. The fraction of sp³-hybridized carbons (Fsp3) is 0.312. The zero-order valence-electron chi connectivity index (χ0n) is 11.3. The zero-order chi connectivity index (χ0) is 13.5. The molecule has 2 rings (SSSR count). The van der Waals surface area contributed by atoms with Gasteiger partial charge in [0.2, 0.25) is 0 Å². The van der Waals surface area contributed by atoms with Crippen LogP contribution in [0.5, 0.6) is 5.75 Å². The molecule has 0 amide bonds. The quantitative estimate of drug-likeness (QED) is 0.808. The number of hydrogen-bond donors (Lipinski definition) is 1. The predicted octanol–water partition coefficient (Wildman–Crippen LogP) is 3.11. The van der Waals surface area contributed by atoms with Crippen LogP contribution in [0.3, 0.4) is 0 Å². The molecule has 0 bridgehead atoms. The standard InChI is InChI=1S/C16H20N2O/c1-13(17)16-10-9-15(12-18-16)19-11-5-8-14-6-3-2-4-7-14/h2-4,6-7,9-10,12-13H,5,8,11,17H2,1H3/t13-/m0/s1. The van der Waals surface area contributed by atoms with Gasteiger partial charge in [-0.2, -0.15) is 0 Å². The van der Waals surface area contributed by atoms with Gasteiger partial charge in [0.1, 0.15) is 5.75 Å². The second kappa shape index (κ2) is 6.90. The summed E-state index contributed by atoms with van der Waals surface area (Å²) in [5.74, 6) is 0.803. The Labute approximate surface area is 114 Å². The predicted molar refractivity (Wildman–Crippen MR) is 77.1 cm³/mol. The van der Waals surface area contributed by atoms with Crippen LogP contribution < -0.4 is 10.5 Å². The topological polar surface area (TPSA) is 48.1 Å². The first kappa shape index (κ1) is 13.6. The van der Waals surface area contributed by atoms with Crippen LogP contribution in [0.15, 0.2) is 48.7 Å². The molecule has 0 radical (unpaired) electrons. The minimum atomic E-state index is -0.0351. The molecule has 0 fully saturated rings. The van der Waals surface area contributed by atoms with Gasteiger partial charge in [-0.15, -0.1) is 0 Å². The van der Waals surface area contributed by atoms with Crippen molar-refractivity contribution in [3.63, 3.8) is 0 Å². The van der Waals surface area contributed by atoms with E-state index in [9.17, 15) is 0 Å². The fourth-order valence-electron chi connectivity index (χ4n) is 1.86. The first-order valence-corrected chi connectivity index (χ1v) is 6.64. The average Bonchev–Trinajstić information content (AvgIpc) is 2.45. The number of pyridine rings is 1. The third kappa shape index (κ3) is 4.38. The van der Waals surface area contributed by atoms with Crippen LogP contribution in [0.2, 0.25) is 0 Å². The molecule has 3 nitrogen and oxygen atoms in total. The van der Waals surface area contributed by atoms with E-state index in [4.69, 9.17) is 10.5 Å². The molecule has 0 unspecified atom stereocenters. The molecule has 1 heterocycles. The largest absolute Gasteiger partial charge is 0.492 e. The minimum Gasteiger partial charge on any atom is -0.492 e. The van der Waals surface area contributed by atoms with Crippen LogP contribution >= 0.6 is 0 Å². The van der Waals surface area contributed by atoms with E-state index in [-0.39, 0.29) is 6.04 Å². The van der Waals surface area contributed by atoms with Gasteiger partial charge in [0.25, 0.3) is 0 Å². The number of aromatic nitrogens is 1. The van der Waals surface area contributed by atoms with Crippen LogP contribution in [0.25, 0.3) is 0 Å². The molecule has 2 aromatic rings. The van der Waals surface area contributed by atoms with Crippen LogP contribution in [0.4, 0.5) is 0 Å². The minimum absolute atomic E-state index is 0.0351. The summed E-state index contributed by atoms with van der Waals surface area (Å²) in [5, 5.41) is 0. The SMILES string of the molecule is C[C@H](N)c1ccc(OCCCc2ccccc2)cn1. The van der Waals surface area contributed by atoms with Crippen molar-refractivity contribution in [3.8, 4) is 5.75 Å². The van der Waals surface area contributed by atoms with Gasteiger partial charge < -0.3 is 10.5 Å². The van der Waals surface area contributed by atoms with E-state index in [1.165, 1.54) is 5.56 Å². The van der Waals surface area contributed by atoms with Crippen molar-refractivity contribution in [3.05, 3.63) is 59.9 Å². The van der Waals surface area contributed by atoms with Gasteiger partial charge in [0, 0.05) is 6.04 Å². The molecule has 19 heavy (non-hydrogen) atoms. The van der Waals surface area contributed by atoms with E-state index in [0.29, 0.717) is 6.61 Å². The van der Waals surface area contributed by atoms with Crippen molar-refractivity contribution in [1.29, 1.82) is 0 Å². The lowest BCUT2D eigenvalue weighted by Crippen LogP contribution is -2.07. The second-order valence-corrected chi connectivity index (χ2v) is 4.65. The number of ether oxygens (including phenoxy) is 1. The molecule has 1 aromatic heterocycles. The molecule has 100 valence electrons. The smallest absolute Gasteiger partial charge is 0.137 e. The Hall–Kier alpha value is -1.87.